The molecular formula is C12H12N2O3S. The Labute approximate surface area is 108 Å². The van der Waals surface area contributed by atoms with Crippen LogP contribution in [0.4, 0.5) is 5.13 Å². The van der Waals surface area contributed by atoms with Gasteiger partial charge in [0.15, 0.2) is 5.13 Å². The molecule has 0 aliphatic heterocycles. The Bertz CT molecular complexity index is 606. The first-order valence-electron chi connectivity index (χ1n) is 5.45. The molecule has 2 rings (SSSR count). The number of fused-ring (bicyclic) bond motifs is 1. The smallest absolute Gasteiger partial charge is 0.338 e. The maximum absolute atomic E-state index is 11.6. The van der Waals surface area contributed by atoms with Gasteiger partial charge >= 0.3 is 5.97 Å². The molecule has 0 atom stereocenters. The van der Waals surface area contributed by atoms with E-state index in [1.54, 1.807) is 25.1 Å². The van der Waals surface area contributed by atoms with Gasteiger partial charge in [-0.1, -0.05) is 11.3 Å². The number of ether oxygens (including phenoxy) is 1. The number of anilines is 1. The second-order valence-electron chi connectivity index (χ2n) is 3.60. The Morgan fingerprint density at radius 3 is 2.89 bits per heavy atom. The van der Waals surface area contributed by atoms with Gasteiger partial charge in [-0.3, -0.25) is 4.79 Å². The minimum Gasteiger partial charge on any atom is -0.462 e. The van der Waals surface area contributed by atoms with Crippen LogP contribution in [0.2, 0.25) is 0 Å². The van der Waals surface area contributed by atoms with Crippen LogP contribution in [0.5, 0.6) is 0 Å². The summed E-state index contributed by atoms with van der Waals surface area (Å²) in [4.78, 5) is 26.7. The molecule has 2 aromatic rings. The number of benzene rings is 1. The predicted molar refractivity (Wildman–Crippen MR) is 69.9 cm³/mol. The van der Waals surface area contributed by atoms with E-state index < -0.39 is 0 Å². The van der Waals surface area contributed by atoms with Crippen LogP contribution in [0.1, 0.15) is 24.2 Å². The minimum absolute atomic E-state index is 0.167. The number of nitrogens with zero attached hydrogens (tertiary/aromatic N) is 1. The number of aromatic nitrogens is 1. The van der Waals surface area contributed by atoms with Gasteiger partial charge in [-0.05, 0) is 25.1 Å². The standard InChI is InChI=1S/C12H12N2O3S/c1-3-17-11(16)8-4-5-9-10(6-8)18-12(14-9)13-7(2)15/h4-6H,3H2,1-2H3,(H,13,14,15). The Morgan fingerprint density at radius 1 is 1.44 bits per heavy atom. The Balaban J connectivity index is 2.33. The molecule has 0 saturated carbocycles. The van der Waals surface area contributed by atoms with E-state index in [4.69, 9.17) is 4.74 Å². The van der Waals surface area contributed by atoms with E-state index >= 15 is 0 Å². The molecule has 1 aromatic heterocycles. The SMILES string of the molecule is CCOC(=O)c1ccc2nc(NC(C)=O)sc2c1. The van der Waals surface area contributed by atoms with Gasteiger partial charge in [0.05, 0.1) is 22.4 Å². The van der Waals surface area contributed by atoms with Crippen LogP contribution < -0.4 is 5.32 Å². The predicted octanol–water partition coefficient (Wildman–Crippen LogP) is 2.43. The summed E-state index contributed by atoms with van der Waals surface area (Å²) in [5, 5.41) is 3.15. The number of amides is 1. The summed E-state index contributed by atoms with van der Waals surface area (Å²) >= 11 is 1.32. The van der Waals surface area contributed by atoms with Crippen LogP contribution >= 0.6 is 11.3 Å². The summed E-state index contributed by atoms with van der Waals surface area (Å²) in [7, 11) is 0. The fourth-order valence-electron chi connectivity index (χ4n) is 1.47. The van der Waals surface area contributed by atoms with Gasteiger partial charge in [0.25, 0.3) is 0 Å². The van der Waals surface area contributed by atoms with E-state index in [9.17, 15) is 9.59 Å². The number of esters is 1. The Morgan fingerprint density at radius 2 is 2.22 bits per heavy atom. The lowest BCUT2D eigenvalue weighted by atomic mass is 10.2. The maximum Gasteiger partial charge on any atom is 0.338 e. The van der Waals surface area contributed by atoms with Gasteiger partial charge in [0.1, 0.15) is 0 Å². The Kier molecular flexibility index (Phi) is 3.57. The normalized spacial score (nSPS) is 10.3. The molecule has 1 heterocycles. The van der Waals surface area contributed by atoms with Crippen molar-refractivity contribution in [2.24, 2.45) is 0 Å². The zero-order valence-corrected chi connectivity index (χ0v) is 10.8. The molecule has 1 N–H and O–H groups in total. The van der Waals surface area contributed by atoms with Crippen molar-refractivity contribution >= 4 is 38.6 Å². The van der Waals surface area contributed by atoms with Gasteiger partial charge < -0.3 is 10.1 Å². The van der Waals surface area contributed by atoms with Crippen molar-refractivity contribution < 1.29 is 14.3 Å². The molecule has 1 amide bonds. The molecule has 0 bridgehead atoms. The molecule has 0 saturated heterocycles. The van der Waals surface area contributed by atoms with E-state index in [1.165, 1.54) is 18.3 Å². The number of hydrogen-bond acceptors (Lipinski definition) is 5. The zero-order chi connectivity index (χ0) is 13.1. The molecule has 0 unspecified atom stereocenters. The highest BCUT2D eigenvalue weighted by Gasteiger charge is 2.10. The Hall–Kier alpha value is -1.95. The second-order valence-corrected chi connectivity index (χ2v) is 4.63. The maximum atomic E-state index is 11.6. The molecular weight excluding hydrogens is 252 g/mol. The second kappa shape index (κ2) is 5.14. The monoisotopic (exact) mass is 264 g/mol. The molecule has 0 fully saturated rings. The van der Waals surface area contributed by atoms with Crippen molar-refractivity contribution in [1.82, 2.24) is 4.98 Å². The quantitative estimate of drug-likeness (QED) is 0.864. The van der Waals surface area contributed by atoms with Crippen LogP contribution in [0.25, 0.3) is 10.2 Å². The van der Waals surface area contributed by atoms with Gasteiger partial charge in [0.2, 0.25) is 5.91 Å². The highest BCUT2D eigenvalue weighted by molar-refractivity contribution is 7.22. The van der Waals surface area contributed by atoms with Crippen LogP contribution in [-0.4, -0.2) is 23.5 Å². The summed E-state index contributed by atoms with van der Waals surface area (Å²) in [6.07, 6.45) is 0. The first-order valence-corrected chi connectivity index (χ1v) is 6.27. The lowest BCUT2D eigenvalue weighted by Crippen LogP contribution is -2.04. The summed E-state index contributed by atoms with van der Waals surface area (Å²) in [6.45, 7) is 3.53. The van der Waals surface area contributed by atoms with Crippen molar-refractivity contribution in [3.63, 3.8) is 0 Å². The number of hydrogen-bond donors (Lipinski definition) is 1. The van der Waals surface area contributed by atoms with E-state index in [-0.39, 0.29) is 11.9 Å². The minimum atomic E-state index is -0.353. The van der Waals surface area contributed by atoms with E-state index in [1.807, 2.05) is 0 Å². The first kappa shape index (κ1) is 12.5. The average molecular weight is 264 g/mol. The number of nitrogens with one attached hydrogen (secondary N) is 1. The highest BCUT2D eigenvalue weighted by Crippen LogP contribution is 2.26. The fraction of sp³-hybridized carbons (Fsp3) is 0.250. The van der Waals surface area contributed by atoms with E-state index in [0.717, 1.165) is 10.2 Å². The van der Waals surface area contributed by atoms with Gasteiger partial charge in [0, 0.05) is 6.92 Å². The van der Waals surface area contributed by atoms with Gasteiger partial charge in [-0.15, -0.1) is 0 Å². The van der Waals surface area contributed by atoms with Gasteiger partial charge in [-0.25, -0.2) is 9.78 Å². The lowest BCUT2D eigenvalue weighted by Gasteiger charge is -2.00. The van der Waals surface area contributed by atoms with E-state index in [2.05, 4.69) is 10.3 Å². The number of carbonyl (C=O) groups is 2. The summed E-state index contributed by atoms with van der Waals surface area (Å²) in [5.74, 6) is -0.520. The summed E-state index contributed by atoms with van der Waals surface area (Å²) in [5.41, 5.74) is 1.24. The van der Waals surface area contributed by atoms with Crippen LogP contribution in [0.15, 0.2) is 18.2 Å². The van der Waals surface area contributed by atoms with Crippen molar-refractivity contribution in [2.75, 3.05) is 11.9 Å². The summed E-state index contributed by atoms with van der Waals surface area (Å²) < 4.78 is 5.76. The van der Waals surface area contributed by atoms with Crippen molar-refractivity contribution in [1.29, 1.82) is 0 Å². The average Bonchev–Trinajstić information content (AvgIpc) is 2.69. The third-order valence-corrected chi connectivity index (χ3v) is 3.12. The molecule has 6 heteroatoms. The summed E-state index contributed by atoms with van der Waals surface area (Å²) in [6, 6.07) is 5.12. The molecule has 1 aromatic carbocycles. The third-order valence-electron chi connectivity index (χ3n) is 2.18. The zero-order valence-electron chi connectivity index (χ0n) is 10.0. The number of rotatable bonds is 3. The molecule has 0 spiro atoms. The molecule has 0 aliphatic carbocycles. The first-order chi connectivity index (χ1) is 8.60. The lowest BCUT2D eigenvalue weighted by molar-refractivity contribution is -0.114. The van der Waals surface area contributed by atoms with Crippen molar-refractivity contribution in [2.45, 2.75) is 13.8 Å². The van der Waals surface area contributed by atoms with Crippen molar-refractivity contribution in [3.8, 4) is 0 Å². The highest BCUT2D eigenvalue weighted by atomic mass is 32.1. The molecule has 94 valence electrons. The van der Waals surface area contributed by atoms with Crippen LogP contribution in [-0.2, 0) is 9.53 Å². The van der Waals surface area contributed by atoms with Crippen molar-refractivity contribution in [3.05, 3.63) is 23.8 Å². The third kappa shape index (κ3) is 2.65. The molecule has 0 radical (unpaired) electrons. The van der Waals surface area contributed by atoms with Crippen LogP contribution in [0.3, 0.4) is 0 Å². The topological polar surface area (TPSA) is 68.3 Å². The fourth-order valence-corrected chi connectivity index (χ4v) is 2.42. The van der Waals surface area contributed by atoms with Crippen LogP contribution in [0, 0.1) is 0 Å². The van der Waals surface area contributed by atoms with E-state index in [0.29, 0.717) is 17.3 Å². The van der Waals surface area contributed by atoms with Gasteiger partial charge in [-0.2, -0.15) is 0 Å². The number of thiazole rings is 1. The molecule has 5 nitrogen and oxygen atoms in total. The number of carbonyl (C=O) groups excluding carboxylic acids is 2. The molecule has 18 heavy (non-hydrogen) atoms. The largest absolute Gasteiger partial charge is 0.462 e. The molecule has 0 aliphatic rings.